The van der Waals surface area contributed by atoms with Gasteiger partial charge in [-0.25, -0.2) is 0 Å². The Morgan fingerprint density at radius 3 is 3.00 bits per heavy atom. The molecule has 1 aromatic rings. The van der Waals surface area contributed by atoms with Crippen LogP contribution in [0.5, 0.6) is 0 Å². The highest BCUT2D eigenvalue weighted by molar-refractivity contribution is 5.25. The lowest BCUT2D eigenvalue weighted by Gasteiger charge is -2.08. The molecule has 0 aromatic carbocycles. The van der Waals surface area contributed by atoms with Gasteiger partial charge in [0, 0.05) is 12.0 Å². The quantitative estimate of drug-likeness (QED) is 0.765. The molecular weight excluding hydrogens is 164 g/mol. The van der Waals surface area contributed by atoms with Crippen LogP contribution < -0.4 is 5.73 Å². The van der Waals surface area contributed by atoms with Gasteiger partial charge in [0.15, 0.2) is 0 Å². The summed E-state index contributed by atoms with van der Waals surface area (Å²) in [5.41, 5.74) is 8.03. The van der Waals surface area contributed by atoms with Crippen LogP contribution in [-0.2, 0) is 19.3 Å². The maximum absolute atomic E-state index is 5.46. The van der Waals surface area contributed by atoms with Gasteiger partial charge in [0.1, 0.15) is 5.76 Å². The van der Waals surface area contributed by atoms with Crippen LogP contribution in [0.1, 0.15) is 36.3 Å². The summed E-state index contributed by atoms with van der Waals surface area (Å²) >= 11 is 0. The fraction of sp³-hybridized carbons (Fsp3) is 0.700. The first kappa shape index (κ1) is 8.75. The van der Waals surface area contributed by atoms with E-state index in [1.165, 1.54) is 24.1 Å². The zero-order chi connectivity index (χ0) is 9.10. The van der Waals surface area contributed by atoms with Gasteiger partial charge in [-0.05, 0) is 38.6 Å². The molecule has 0 saturated carbocycles. The fourth-order valence-electron chi connectivity index (χ4n) is 1.91. The third-order valence-electron chi connectivity index (χ3n) is 2.65. The van der Waals surface area contributed by atoms with Gasteiger partial charge in [0.05, 0.1) is 5.69 Å². The van der Waals surface area contributed by atoms with Crippen molar-refractivity contribution in [2.24, 2.45) is 5.73 Å². The molecule has 0 saturated heterocycles. The molecule has 0 spiro atoms. The molecule has 13 heavy (non-hydrogen) atoms. The van der Waals surface area contributed by atoms with Crippen LogP contribution in [0.2, 0.25) is 0 Å². The van der Waals surface area contributed by atoms with Gasteiger partial charge in [-0.1, -0.05) is 5.16 Å². The maximum Gasteiger partial charge on any atom is 0.140 e. The second kappa shape index (κ2) is 3.92. The average Bonchev–Trinajstić information content (AvgIpc) is 2.58. The van der Waals surface area contributed by atoms with Crippen molar-refractivity contribution in [1.29, 1.82) is 0 Å². The molecular formula is C10H16N2O. The zero-order valence-corrected chi connectivity index (χ0v) is 7.88. The van der Waals surface area contributed by atoms with E-state index in [4.69, 9.17) is 10.3 Å². The van der Waals surface area contributed by atoms with Crippen LogP contribution in [0.4, 0.5) is 0 Å². The minimum Gasteiger partial charge on any atom is -0.361 e. The van der Waals surface area contributed by atoms with Gasteiger partial charge >= 0.3 is 0 Å². The first-order valence-electron chi connectivity index (χ1n) is 5.08. The molecule has 1 aliphatic rings. The van der Waals surface area contributed by atoms with Crippen molar-refractivity contribution >= 4 is 0 Å². The van der Waals surface area contributed by atoms with Crippen LogP contribution in [0.25, 0.3) is 0 Å². The van der Waals surface area contributed by atoms with Crippen molar-refractivity contribution in [3.63, 3.8) is 0 Å². The van der Waals surface area contributed by atoms with E-state index in [-0.39, 0.29) is 0 Å². The number of aromatic nitrogens is 1. The van der Waals surface area contributed by atoms with Crippen LogP contribution in [0, 0.1) is 0 Å². The van der Waals surface area contributed by atoms with Crippen LogP contribution in [0.15, 0.2) is 4.52 Å². The monoisotopic (exact) mass is 180 g/mol. The topological polar surface area (TPSA) is 52.0 Å². The zero-order valence-electron chi connectivity index (χ0n) is 7.88. The van der Waals surface area contributed by atoms with Crippen LogP contribution in [0.3, 0.4) is 0 Å². The molecule has 3 heteroatoms. The summed E-state index contributed by atoms with van der Waals surface area (Å²) in [6.45, 7) is 0.732. The van der Waals surface area contributed by atoms with Gasteiger partial charge in [-0.3, -0.25) is 0 Å². The second-order valence-corrected chi connectivity index (χ2v) is 3.63. The second-order valence-electron chi connectivity index (χ2n) is 3.63. The largest absolute Gasteiger partial charge is 0.361 e. The molecule has 1 aliphatic carbocycles. The number of hydrogen-bond acceptors (Lipinski definition) is 3. The third-order valence-corrected chi connectivity index (χ3v) is 2.65. The molecule has 0 unspecified atom stereocenters. The average molecular weight is 180 g/mol. The summed E-state index contributed by atoms with van der Waals surface area (Å²) in [6, 6.07) is 0. The summed E-state index contributed by atoms with van der Waals surface area (Å²) in [4.78, 5) is 0. The van der Waals surface area contributed by atoms with Crippen molar-refractivity contribution < 1.29 is 4.52 Å². The predicted molar refractivity (Wildman–Crippen MR) is 50.5 cm³/mol. The van der Waals surface area contributed by atoms with E-state index in [1.807, 2.05) is 0 Å². The summed E-state index contributed by atoms with van der Waals surface area (Å²) < 4.78 is 5.31. The standard InChI is InChI=1S/C10H16N2O/c11-7-3-6-10-8-4-1-2-5-9(8)12-13-10/h1-7,11H2. The fourth-order valence-corrected chi connectivity index (χ4v) is 1.91. The number of fused-ring (bicyclic) bond motifs is 1. The van der Waals surface area contributed by atoms with Gasteiger partial charge in [-0.2, -0.15) is 0 Å². The molecule has 2 rings (SSSR count). The van der Waals surface area contributed by atoms with Crippen molar-refractivity contribution in [1.82, 2.24) is 5.16 Å². The summed E-state index contributed by atoms with van der Waals surface area (Å²) in [7, 11) is 0. The molecule has 0 bridgehead atoms. The minimum atomic E-state index is 0.732. The molecule has 72 valence electrons. The van der Waals surface area contributed by atoms with Crippen molar-refractivity contribution in [2.45, 2.75) is 38.5 Å². The number of hydrogen-bond donors (Lipinski definition) is 1. The van der Waals surface area contributed by atoms with Crippen LogP contribution in [-0.4, -0.2) is 11.7 Å². The van der Waals surface area contributed by atoms with Crippen LogP contribution >= 0.6 is 0 Å². The lowest BCUT2D eigenvalue weighted by atomic mass is 9.95. The van der Waals surface area contributed by atoms with E-state index in [0.29, 0.717) is 0 Å². The number of nitrogens with zero attached hydrogens (tertiary/aromatic N) is 1. The van der Waals surface area contributed by atoms with Gasteiger partial charge in [0.2, 0.25) is 0 Å². The summed E-state index contributed by atoms with van der Waals surface area (Å²) in [6.07, 6.45) is 6.75. The summed E-state index contributed by atoms with van der Waals surface area (Å²) in [5.74, 6) is 1.08. The Morgan fingerprint density at radius 1 is 1.31 bits per heavy atom. The van der Waals surface area contributed by atoms with Gasteiger partial charge < -0.3 is 10.3 Å². The number of rotatable bonds is 3. The smallest absolute Gasteiger partial charge is 0.140 e. The Hall–Kier alpha value is -0.830. The number of nitrogens with two attached hydrogens (primary N) is 1. The van der Waals surface area contributed by atoms with E-state index in [2.05, 4.69) is 5.16 Å². The summed E-state index contributed by atoms with van der Waals surface area (Å²) in [5, 5.41) is 4.09. The third kappa shape index (κ3) is 1.75. The van der Waals surface area contributed by atoms with Crippen molar-refractivity contribution in [3.05, 3.63) is 17.0 Å². The molecule has 0 fully saturated rings. The van der Waals surface area contributed by atoms with Gasteiger partial charge in [-0.15, -0.1) is 0 Å². The molecule has 1 aromatic heterocycles. The van der Waals surface area contributed by atoms with Gasteiger partial charge in [0.25, 0.3) is 0 Å². The van der Waals surface area contributed by atoms with E-state index >= 15 is 0 Å². The van der Waals surface area contributed by atoms with E-state index in [0.717, 1.165) is 38.0 Å². The molecule has 1 heterocycles. The molecule has 2 N–H and O–H groups in total. The Balaban J connectivity index is 2.12. The van der Waals surface area contributed by atoms with E-state index in [9.17, 15) is 0 Å². The Labute approximate surface area is 78.3 Å². The minimum absolute atomic E-state index is 0.732. The highest BCUT2D eigenvalue weighted by Gasteiger charge is 2.18. The predicted octanol–water partition coefficient (Wildman–Crippen LogP) is 1.44. The Morgan fingerprint density at radius 2 is 2.15 bits per heavy atom. The molecule has 0 amide bonds. The highest BCUT2D eigenvalue weighted by Crippen LogP contribution is 2.24. The molecule has 0 atom stereocenters. The van der Waals surface area contributed by atoms with Crippen molar-refractivity contribution in [3.8, 4) is 0 Å². The first-order valence-corrected chi connectivity index (χ1v) is 5.08. The first-order chi connectivity index (χ1) is 6.42. The normalized spacial score (nSPS) is 15.8. The molecule has 0 radical (unpaired) electrons. The lowest BCUT2D eigenvalue weighted by Crippen LogP contribution is -2.04. The van der Waals surface area contributed by atoms with Crippen molar-refractivity contribution in [2.75, 3.05) is 6.54 Å². The Bertz CT molecular complexity index is 280. The number of aryl methyl sites for hydroxylation is 2. The Kier molecular flexibility index (Phi) is 2.64. The van der Waals surface area contributed by atoms with E-state index < -0.39 is 0 Å². The lowest BCUT2D eigenvalue weighted by molar-refractivity contribution is 0.375. The molecule has 3 nitrogen and oxygen atoms in total. The highest BCUT2D eigenvalue weighted by atomic mass is 16.5. The van der Waals surface area contributed by atoms with E-state index in [1.54, 1.807) is 0 Å². The SMILES string of the molecule is NCCCc1onc2c1CCCC2. The maximum atomic E-state index is 5.46. The molecule has 0 aliphatic heterocycles.